The van der Waals surface area contributed by atoms with E-state index in [1.54, 1.807) is 14.2 Å². The van der Waals surface area contributed by atoms with Crippen LogP contribution in [0.4, 0.5) is 5.82 Å². The van der Waals surface area contributed by atoms with Gasteiger partial charge in [-0.05, 0) is 18.6 Å². The number of methoxy groups -OCH3 is 2. The third kappa shape index (κ3) is 2.78. The number of rotatable bonds is 6. The van der Waals surface area contributed by atoms with Gasteiger partial charge in [0.25, 0.3) is 0 Å². The summed E-state index contributed by atoms with van der Waals surface area (Å²) in [5.41, 5.74) is 1.60. The van der Waals surface area contributed by atoms with Crippen molar-refractivity contribution in [1.82, 2.24) is 8.75 Å². The Morgan fingerprint density at radius 1 is 1.16 bits per heavy atom. The molecule has 0 amide bonds. The molecule has 0 spiro atoms. The van der Waals surface area contributed by atoms with E-state index in [9.17, 15) is 0 Å². The quantitative estimate of drug-likeness (QED) is 0.880. The minimum Gasteiger partial charge on any atom is -0.496 e. The SMILES string of the molecule is CCCNc1nsnc1-c1c(OC)cccc1OC. The number of nitrogens with zero attached hydrogens (tertiary/aromatic N) is 2. The van der Waals surface area contributed by atoms with E-state index in [1.165, 1.54) is 11.7 Å². The summed E-state index contributed by atoms with van der Waals surface area (Å²) in [5, 5.41) is 3.27. The van der Waals surface area contributed by atoms with Crippen molar-refractivity contribution in [3.63, 3.8) is 0 Å². The second-order valence-electron chi connectivity index (χ2n) is 3.93. The zero-order valence-corrected chi connectivity index (χ0v) is 12.1. The molecule has 0 aliphatic rings. The van der Waals surface area contributed by atoms with Crippen LogP contribution in [0.25, 0.3) is 11.3 Å². The van der Waals surface area contributed by atoms with Gasteiger partial charge in [0.05, 0.1) is 31.5 Å². The Hall–Kier alpha value is -1.82. The number of ether oxygens (including phenoxy) is 2. The maximum atomic E-state index is 5.40. The average molecular weight is 279 g/mol. The van der Waals surface area contributed by atoms with Gasteiger partial charge in [0, 0.05) is 6.54 Å². The first-order valence-corrected chi connectivity index (χ1v) is 6.82. The molecule has 0 fully saturated rings. The lowest BCUT2D eigenvalue weighted by molar-refractivity contribution is 0.397. The average Bonchev–Trinajstić information content (AvgIpc) is 2.91. The zero-order chi connectivity index (χ0) is 13.7. The lowest BCUT2D eigenvalue weighted by Crippen LogP contribution is -2.02. The number of hydrogen-bond acceptors (Lipinski definition) is 6. The monoisotopic (exact) mass is 279 g/mol. The molecule has 0 unspecified atom stereocenters. The molecule has 0 atom stereocenters. The van der Waals surface area contributed by atoms with Crippen molar-refractivity contribution >= 4 is 17.5 Å². The second kappa shape index (κ2) is 6.38. The maximum absolute atomic E-state index is 5.40. The van der Waals surface area contributed by atoms with E-state index in [4.69, 9.17) is 9.47 Å². The fourth-order valence-electron chi connectivity index (χ4n) is 1.80. The molecule has 0 radical (unpaired) electrons. The normalized spacial score (nSPS) is 10.3. The van der Waals surface area contributed by atoms with Gasteiger partial charge in [0.15, 0.2) is 5.82 Å². The van der Waals surface area contributed by atoms with E-state index < -0.39 is 0 Å². The van der Waals surface area contributed by atoms with Crippen molar-refractivity contribution in [3.8, 4) is 22.8 Å². The van der Waals surface area contributed by atoms with Crippen LogP contribution in [-0.4, -0.2) is 29.5 Å². The van der Waals surface area contributed by atoms with Crippen molar-refractivity contribution in [2.45, 2.75) is 13.3 Å². The number of anilines is 1. The van der Waals surface area contributed by atoms with E-state index >= 15 is 0 Å². The molecule has 1 N–H and O–H groups in total. The van der Waals surface area contributed by atoms with Gasteiger partial charge in [-0.25, -0.2) is 0 Å². The molecule has 19 heavy (non-hydrogen) atoms. The maximum Gasteiger partial charge on any atom is 0.168 e. The fourth-order valence-corrected chi connectivity index (χ4v) is 2.33. The highest BCUT2D eigenvalue weighted by atomic mass is 32.1. The van der Waals surface area contributed by atoms with E-state index in [0.29, 0.717) is 0 Å². The number of benzene rings is 1. The molecule has 0 aliphatic carbocycles. The van der Waals surface area contributed by atoms with E-state index in [1.807, 2.05) is 18.2 Å². The van der Waals surface area contributed by atoms with Gasteiger partial charge >= 0.3 is 0 Å². The third-order valence-corrected chi connectivity index (χ3v) is 3.22. The lowest BCUT2D eigenvalue weighted by Gasteiger charge is -2.12. The molecule has 1 heterocycles. The molecule has 102 valence electrons. The van der Waals surface area contributed by atoms with Crippen molar-refractivity contribution in [3.05, 3.63) is 18.2 Å². The molecule has 1 aromatic heterocycles. The molecule has 0 bridgehead atoms. The van der Waals surface area contributed by atoms with Gasteiger partial charge < -0.3 is 14.8 Å². The molecule has 5 nitrogen and oxygen atoms in total. The summed E-state index contributed by atoms with van der Waals surface area (Å²) in [6.07, 6.45) is 1.03. The first-order chi connectivity index (χ1) is 9.31. The first kappa shape index (κ1) is 13.6. The van der Waals surface area contributed by atoms with Gasteiger partial charge in [0.1, 0.15) is 17.2 Å². The summed E-state index contributed by atoms with van der Waals surface area (Å²) < 4.78 is 19.5. The van der Waals surface area contributed by atoms with Crippen LogP contribution in [0.5, 0.6) is 11.5 Å². The molecule has 0 saturated heterocycles. The minimum absolute atomic E-state index is 0.728. The summed E-state index contributed by atoms with van der Waals surface area (Å²) in [4.78, 5) is 0. The Morgan fingerprint density at radius 3 is 2.42 bits per heavy atom. The van der Waals surface area contributed by atoms with Crippen LogP contribution in [0.15, 0.2) is 18.2 Å². The number of aromatic nitrogens is 2. The van der Waals surface area contributed by atoms with Crippen LogP contribution in [-0.2, 0) is 0 Å². The molecule has 2 rings (SSSR count). The Kier molecular flexibility index (Phi) is 4.57. The van der Waals surface area contributed by atoms with Gasteiger partial charge in [-0.1, -0.05) is 13.0 Å². The number of hydrogen-bond donors (Lipinski definition) is 1. The van der Waals surface area contributed by atoms with Crippen molar-refractivity contribution < 1.29 is 9.47 Å². The summed E-state index contributed by atoms with van der Waals surface area (Å²) in [6.45, 7) is 2.96. The predicted octanol–water partition coefficient (Wildman–Crippen LogP) is 3.04. The largest absolute Gasteiger partial charge is 0.496 e. The summed E-state index contributed by atoms with van der Waals surface area (Å²) in [6, 6.07) is 5.67. The van der Waals surface area contributed by atoms with Crippen LogP contribution in [0.3, 0.4) is 0 Å². The van der Waals surface area contributed by atoms with Gasteiger partial charge in [-0.15, -0.1) is 0 Å². The van der Waals surface area contributed by atoms with Crippen LogP contribution >= 0.6 is 11.7 Å². The molecule has 1 aromatic carbocycles. The Labute approximate surface area is 116 Å². The van der Waals surface area contributed by atoms with Crippen LogP contribution in [0.1, 0.15) is 13.3 Å². The van der Waals surface area contributed by atoms with Gasteiger partial charge in [-0.2, -0.15) is 8.75 Å². The summed E-state index contributed by atoms with van der Waals surface area (Å²) >= 11 is 1.18. The molecular formula is C13H17N3O2S. The molecular weight excluding hydrogens is 262 g/mol. The van der Waals surface area contributed by atoms with E-state index in [-0.39, 0.29) is 0 Å². The second-order valence-corrected chi connectivity index (χ2v) is 4.45. The highest BCUT2D eigenvalue weighted by Gasteiger charge is 2.19. The third-order valence-electron chi connectivity index (χ3n) is 2.70. The molecule has 0 saturated carbocycles. The summed E-state index contributed by atoms with van der Waals surface area (Å²) in [5.74, 6) is 2.23. The first-order valence-electron chi connectivity index (χ1n) is 6.09. The van der Waals surface area contributed by atoms with Crippen molar-refractivity contribution in [1.29, 1.82) is 0 Å². The fraction of sp³-hybridized carbons (Fsp3) is 0.385. The number of nitrogens with one attached hydrogen (secondary N) is 1. The predicted molar refractivity (Wildman–Crippen MR) is 77.2 cm³/mol. The van der Waals surface area contributed by atoms with E-state index in [2.05, 4.69) is 21.0 Å². The van der Waals surface area contributed by atoms with Gasteiger partial charge in [0.2, 0.25) is 0 Å². The Bertz CT molecular complexity index is 520. The highest BCUT2D eigenvalue weighted by Crippen LogP contribution is 2.40. The standard InChI is InChI=1S/C13H17N3O2S/c1-4-8-14-13-12(15-19-16-13)11-9(17-2)6-5-7-10(11)18-3/h5-7H,4,8H2,1-3H3,(H,14,16). The Morgan fingerprint density at radius 2 is 1.84 bits per heavy atom. The van der Waals surface area contributed by atoms with Crippen molar-refractivity contribution in [2.75, 3.05) is 26.1 Å². The van der Waals surface area contributed by atoms with Gasteiger partial charge in [-0.3, -0.25) is 0 Å². The minimum atomic E-state index is 0.728. The molecule has 6 heteroatoms. The lowest BCUT2D eigenvalue weighted by atomic mass is 10.1. The van der Waals surface area contributed by atoms with Crippen molar-refractivity contribution in [2.24, 2.45) is 0 Å². The summed E-state index contributed by atoms with van der Waals surface area (Å²) in [7, 11) is 3.27. The smallest absolute Gasteiger partial charge is 0.168 e. The van der Waals surface area contributed by atoms with E-state index in [0.717, 1.165) is 41.5 Å². The topological polar surface area (TPSA) is 56.3 Å². The molecule has 2 aromatic rings. The zero-order valence-electron chi connectivity index (χ0n) is 11.3. The van der Waals surface area contributed by atoms with Crippen LogP contribution in [0.2, 0.25) is 0 Å². The van der Waals surface area contributed by atoms with Crippen LogP contribution in [0, 0.1) is 0 Å². The highest BCUT2D eigenvalue weighted by molar-refractivity contribution is 6.99. The Balaban J connectivity index is 2.48. The van der Waals surface area contributed by atoms with Crippen LogP contribution < -0.4 is 14.8 Å². The molecule has 0 aliphatic heterocycles.